The lowest BCUT2D eigenvalue weighted by Gasteiger charge is -2.16. The number of carbonyl (C=O) groups is 2. The largest absolute Gasteiger partial charge is 0.448 e. The molecule has 4 nitrogen and oxygen atoms in total. The van der Waals surface area contributed by atoms with Crippen LogP contribution < -0.4 is 0 Å². The zero-order valence-electron chi connectivity index (χ0n) is 9.19. The average molecular weight is 262 g/mol. The fraction of sp³-hybridized carbons (Fsp3) is 0.400. The van der Waals surface area contributed by atoms with Gasteiger partial charge in [0.2, 0.25) is 0 Å². The Morgan fingerprint density at radius 3 is 2.50 bits per heavy atom. The minimum Gasteiger partial charge on any atom is -0.448 e. The molecule has 16 heavy (non-hydrogen) atoms. The van der Waals surface area contributed by atoms with Gasteiger partial charge in [0.1, 0.15) is 4.88 Å². The van der Waals surface area contributed by atoms with Crippen molar-refractivity contribution in [2.45, 2.75) is 13.0 Å². The molecule has 1 heterocycles. The molecule has 0 radical (unpaired) electrons. The standard InChI is InChI=1S/C10H12ClNO3S/c1-6(9(13)12(2)3)15-10(14)7-4-5-8(11)16-7/h4-6H,1-3H3. The van der Waals surface area contributed by atoms with Gasteiger partial charge in [-0.05, 0) is 19.1 Å². The first-order chi connectivity index (χ1) is 7.41. The summed E-state index contributed by atoms with van der Waals surface area (Å²) in [5.41, 5.74) is 0. The van der Waals surface area contributed by atoms with Gasteiger partial charge in [0.05, 0.1) is 4.34 Å². The van der Waals surface area contributed by atoms with Crippen molar-refractivity contribution < 1.29 is 14.3 Å². The highest BCUT2D eigenvalue weighted by atomic mass is 35.5. The average Bonchev–Trinajstić information content (AvgIpc) is 2.63. The van der Waals surface area contributed by atoms with E-state index in [0.717, 1.165) is 11.3 Å². The molecule has 0 spiro atoms. The molecule has 0 N–H and O–H groups in total. The third-order valence-electron chi connectivity index (χ3n) is 1.85. The van der Waals surface area contributed by atoms with Crippen molar-refractivity contribution in [3.63, 3.8) is 0 Å². The molecule has 0 aliphatic heterocycles. The fourth-order valence-electron chi connectivity index (χ4n) is 1.06. The van der Waals surface area contributed by atoms with E-state index in [0.29, 0.717) is 9.21 Å². The number of nitrogens with zero attached hydrogens (tertiary/aromatic N) is 1. The summed E-state index contributed by atoms with van der Waals surface area (Å²) in [5.74, 6) is -0.782. The van der Waals surface area contributed by atoms with Gasteiger partial charge < -0.3 is 9.64 Å². The van der Waals surface area contributed by atoms with Gasteiger partial charge in [-0.3, -0.25) is 4.79 Å². The molecule has 0 fully saturated rings. The first kappa shape index (κ1) is 13.0. The molecule has 6 heteroatoms. The van der Waals surface area contributed by atoms with Gasteiger partial charge in [0.25, 0.3) is 5.91 Å². The van der Waals surface area contributed by atoms with Crippen LogP contribution in [-0.2, 0) is 9.53 Å². The molecule has 0 aromatic carbocycles. The molecule has 1 atom stereocenters. The predicted octanol–water partition coefficient (Wildman–Crippen LogP) is 2.03. The molecule has 1 aromatic rings. The molecule has 0 saturated heterocycles. The van der Waals surface area contributed by atoms with Crippen LogP contribution in [0.5, 0.6) is 0 Å². The lowest BCUT2D eigenvalue weighted by molar-refractivity contribution is -0.137. The maximum atomic E-state index is 11.6. The lowest BCUT2D eigenvalue weighted by Crippen LogP contribution is -2.34. The van der Waals surface area contributed by atoms with Crippen LogP contribution in [0.3, 0.4) is 0 Å². The highest BCUT2D eigenvalue weighted by Gasteiger charge is 2.21. The van der Waals surface area contributed by atoms with E-state index in [1.54, 1.807) is 26.2 Å². The normalized spacial score (nSPS) is 12.0. The fourth-order valence-corrected chi connectivity index (χ4v) is 1.98. The van der Waals surface area contributed by atoms with Crippen molar-refractivity contribution in [2.24, 2.45) is 0 Å². The van der Waals surface area contributed by atoms with Crippen LogP contribution in [0.25, 0.3) is 0 Å². The second-order valence-electron chi connectivity index (χ2n) is 3.38. The second-order valence-corrected chi connectivity index (χ2v) is 5.10. The minimum atomic E-state index is -0.789. The number of likely N-dealkylation sites (N-methyl/N-ethyl adjacent to an activating group) is 1. The Balaban J connectivity index is 2.61. The van der Waals surface area contributed by atoms with Gasteiger partial charge >= 0.3 is 5.97 Å². The summed E-state index contributed by atoms with van der Waals surface area (Å²) in [4.78, 5) is 24.8. The van der Waals surface area contributed by atoms with Crippen LogP contribution >= 0.6 is 22.9 Å². The smallest absolute Gasteiger partial charge is 0.349 e. The van der Waals surface area contributed by atoms with E-state index >= 15 is 0 Å². The van der Waals surface area contributed by atoms with Crippen molar-refractivity contribution >= 4 is 34.8 Å². The molecule has 1 unspecified atom stereocenters. The monoisotopic (exact) mass is 261 g/mol. The topological polar surface area (TPSA) is 46.6 Å². The van der Waals surface area contributed by atoms with E-state index < -0.39 is 12.1 Å². The van der Waals surface area contributed by atoms with E-state index in [4.69, 9.17) is 16.3 Å². The van der Waals surface area contributed by atoms with Gasteiger partial charge in [-0.15, -0.1) is 11.3 Å². The SMILES string of the molecule is CC(OC(=O)c1ccc(Cl)s1)C(=O)N(C)C. The molecular formula is C10H12ClNO3S. The molecule has 1 aromatic heterocycles. The number of thiophene rings is 1. The third kappa shape index (κ3) is 3.21. The number of hydrogen-bond donors (Lipinski definition) is 0. The van der Waals surface area contributed by atoms with Crippen LogP contribution in [0.2, 0.25) is 4.34 Å². The molecule has 0 saturated carbocycles. The molecule has 0 aliphatic rings. The summed E-state index contributed by atoms with van der Waals surface area (Å²) in [6.07, 6.45) is -0.789. The summed E-state index contributed by atoms with van der Waals surface area (Å²) in [7, 11) is 3.21. The van der Waals surface area contributed by atoms with E-state index in [9.17, 15) is 9.59 Å². The van der Waals surface area contributed by atoms with Crippen LogP contribution in [0.1, 0.15) is 16.6 Å². The van der Waals surface area contributed by atoms with E-state index in [1.165, 1.54) is 11.8 Å². The number of hydrogen-bond acceptors (Lipinski definition) is 4. The molecule has 1 amide bonds. The van der Waals surface area contributed by atoms with Crippen molar-refractivity contribution in [3.8, 4) is 0 Å². The summed E-state index contributed by atoms with van der Waals surface area (Å²) in [6.45, 7) is 1.54. The van der Waals surface area contributed by atoms with Gasteiger partial charge in [0.15, 0.2) is 6.10 Å². The Labute approximate surface area is 103 Å². The van der Waals surface area contributed by atoms with Crippen LogP contribution in [0, 0.1) is 0 Å². The third-order valence-corrected chi connectivity index (χ3v) is 3.06. The van der Waals surface area contributed by atoms with Gasteiger partial charge in [-0.25, -0.2) is 4.79 Å². The molecule has 0 aliphatic carbocycles. The number of carbonyl (C=O) groups excluding carboxylic acids is 2. The zero-order chi connectivity index (χ0) is 12.3. The predicted molar refractivity (Wildman–Crippen MR) is 62.9 cm³/mol. The quantitative estimate of drug-likeness (QED) is 0.783. The Kier molecular flexibility index (Phi) is 4.32. The van der Waals surface area contributed by atoms with Gasteiger partial charge in [-0.2, -0.15) is 0 Å². The maximum Gasteiger partial charge on any atom is 0.349 e. The van der Waals surface area contributed by atoms with Crippen molar-refractivity contribution in [2.75, 3.05) is 14.1 Å². The first-order valence-electron chi connectivity index (χ1n) is 4.59. The number of esters is 1. The number of rotatable bonds is 3. The van der Waals surface area contributed by atoms with Crippen molar-refractivity contribution in [1.82, 2.24) is 4.90 Å². The molecule has 0 bridgehead atoms. The summed E-state index contributed by atoms with van der Waals surface area (Å²) in [6, 6.07) is 3.18. The van der Waals surface area contributed by atoms with Gasteiger partial charge in [-0.1, -0.05) is 11.6 Å². The zero-order valence-corrected chi connectivity index (χ0v) is 10.8. The number of halogens is 1. The van der Waals surface area contributed by atoms with Crippen LogP contribution in [-0.4, -0.2) is 37.0 Å². The molecule has 88 valence electrons. The van der Waals surface area contributed by atoms with E-state index in [-0.39, 0.29) is 5.91 Å². The Bertz CT molecular complexity index is 403. The Morgan fingerprint density at radius 1 is 1.44 bits per heavy atom. The Morgan fingerprint density at radius 2 is 2.06 bits per heavy atom. The number of amides is 1. The highest BCUT2D eigenvalue weighted by molar-refractivity contribution is 7.17. The molecular weight excluding hydrogens is 250 g/mol. The highest BCUT2D eigenvalue weighted by Crippen LogP contribution is 2.22. The summed E-state index contributed by atoms with van der Waals surface area (Å²) < 4.78 is 5.51. The van der Waals surface area contributed by atoms with Crippen LogP contribution in [0.15, 0.2) is 12.1 Å². The lowest BCUT2D eigenvalue weighted by atomic mass is 10.3. The molecule has 1 rings (SSSR count). The summed E-state index contributed by atoms with van der Waals surface area (Å²) in [5, 5.41) is 0. The first-order valence-corrected chi connectivity index (χ1v) is 5.78. The second kappa shape index (κ2) is 5.32. The van der Waals surface area contributed by atoms with E-state index in [1.807, 2.05) is 0 Å². The summed E-state index contributed by atoms with van der Waals surface area (Å²) >= 11 is 6.81. The van der Waals surface area contributed by atoms with Crippen molar-refractivity contribution in [1.29, 1.82) is 0 Å². The Hall–Kier alpha value is -1.07. The van der Waals surface area contributed by atoms with Crippen molar-refractivity contribution in [3.05, 3.63) is 21.3 Å². The van der Waals surface area contributed by atoms with Crippen LogP contribution in [0.4, 0.5) is 0 Å². The van der Waals surface area contributed by atoms with Gasteiger partial charge in [0, 0.05) is 14.1 Å². The minimum absolute atomic E-state index is 0.254. The maximum absolute atomic E-state index is 11.6. The van der Waals surface area contributed by atoms with E-state index in [2.05, 4.69) is 0 Å². The number of ether oxygens (including phenoxy) is 1.